The van der Waals surface area contributed by atoms with E-state index in [1.165, 1.54) is 4.90 Å². The number of amides is 2. The Morgan fingerprint density at radius 1 is 1.13 bits per heavy atom. The molecule has 0 spiro atoms. The monoisotopic (exact) mass is 208 g/mol. The number of carbonyl (C=O) groups is 2. The standard InChI is InChI=1S/C9H12N4O2/c10-8(14)5-13(6-9(11)15)7-1-3-12-4-2-7/h1-4H,5-6H2,(H2,10,14)(H2,11,15). The van der Waals surface area contributed by atoms with E-state index >= 15 is 0 Å². The van der Waals surface area contributed by atoms with Crippen LogP contribution in [0.1, 0.15) is 0 Å². The fraction of sp³-hybridized carbons (Fsp3) is 0.222. The van der Waals surface area contributed by atoms with Crippen LogP contribution in [-0.2, 0) is 9.59 Å². The van der Waals surface area contributed by atoms with Gasteiger partial charge in [0, 0.05) is 18.1 Å². The van der Waals surface area contributed by atoms with Gasteiger partial charge in [-0.15, -0.1) is 0 Å². The number of anilines is 1. The SMILES string of the molecule is NC(=O)CN(CC(N)=O)c1ccncc1. The van der Waals surface area contributed by atoms with Crippen LogP contribution in [0.2, 0.25) is 0 Å². The van der Waals surface area contributed by atoms with Gasteiger partial charge in [0.1, 0.15) is 0 Å². The fourth-order valence-electron chi connectivity index (χ4n) is 1.17. The molecule has 0 aliphatic heterocycles. The highest BCUT2D eigenvalue weighted by atomic mass is 16.2. The molecule has 1 heterocycles. The Labute approximate surface area is 86.9 Å². The van der Waals surface area contributed by atoms with Crippen molar-refractivity contribution in [2.45, 2.75) is 0 Å². The number of primary amides is 2. The van der Waals surface area contributed by atoms with Crippen molar-refractivity contribution >= 4 is 17.5 Å². The van der Waals surface area contributed by atoms with E-state index in [2.05, 4.69) is 4.98 Å². The predicted octanol–water partition coefficient (Wildman–Crippen LogP) is -1.14. The first-order valence-electron chi connectivity index (χ1n) is 4.31. The van der Waals surface area contributed by atoms with Crippen LogP contribution in [0.3, 0.4) is 0 Å². The largest absolute Gasteiger partial charge is 0.368 e. The van der Waals surface area contributed by atoms with Gasteiger partial charge >= 0.3 is 0 Å². The van der Waals surface area contributed by atoms with Gasteiger partial charge in [-0.3, -0.25) is 14.6 Å². The fourth-order valence-corrected chi connectivity index (χ4v) is 1.17. The van der Waals surface area contributed by atoms with Gasteiger partial charge in [-0.05, 0) is 12.1 Å². The van der Waals surface area contributed by atoms with Crippen molar-refractivity contribution < 1.29 is 9.59 Å². The number of nitrogens with two attached hydrogens (primary N) is 2. The van der Waals surface area contributed by atoms with Crippen LogP contribution in [0.4, 0.5) is 5.69 Å². The van der Waals surface area contributed by atoms with E-state index in [1.807, 2.05) is 0 Å². The maximum absolute atomic E-state index is 10.8. The molecule has 6 nitrogen and oxygen atoms in total. The van der Waals surface area contributed by atoms with Crippen molar-refractivity contribution in [2.24, 2.45) is 11.5 Å². The number of hydrogen-bond donors (Lipinski definition) is 2. The third-order valence-electron chi connectivity index (χ3n) is 1.72. The van der Waals surface area contributed by atoms with Crippen LogP contribution in [0.5, 0.6) is 0 Å². The molecule has 0 unspecified atom stereocenters. The van der Waals surface area contributed by atoms with E-state index in [4.69, 9.17) is 11.5 Å². The number of carbonyl (C=O) groups excluding carboxylic acids is 2. The summed E-state index contributed by atoms with van der Waals surface area (Å²) in [5.74, 6) is -1.04. The number of rotatable bonds is 5. The smallest absolute Gasteiger partial charge is 0.236 e. The number of nitrogens with zero attached hydrogens (tertiary/aromatic N) is 2. The lowest BCUT2D eigenvalue weighted by molar-refractivity contribution is -0.117. The van der Waals surface area contributed by atoms with E-state index in [-0.39, 0.29) is 13.1 Å². The zero-order valence-corrected chi connectivity index (χ0v) is 8.09. The van der Waals surface area contributed by atoms with E-state index in [0.29, 0.717) is 5.69 Å². The van der Waals surface area contributed by atoms with Gasteiger partial charge in [0.15, 0.2) is 0 Å². The summed E-state index contributed by atoms with van der Waals surface area (Å²) in [6.45, 7) is -0.0973. The molecule has 4 N–H and O–H groups in total. The highest BCUT2D eigenvalue weighted by Crippen LogP contribution is 2.10. The normalized spacial score (nSPS) is 9.60. The lowest BCUT2D eigenvalue weighted by Gasteiger charge is -2.20. The van der Waals surface area contributed by atoms with Crippen LogP contribution in [0.15, 0.2) is 24.5 Å². The number of aromatic nitrogens is 1. The summed E-state index contributed by atoms with van der Waals surface area (Å²) >= 11 is 0. The molecule has 0 saturated heterocycles. The van der Waals surface area contributed by atoms with Gasteiger partial charge in [-0.25, -0.2) is 0 Å². The summed E-state index contributed by atoms with van der Waals surface area (Å²) in [5.41, 5.74) is 10.8. The molecule has 15 heavy (non-hydrogen) atoms. The Morgan fingerprint density at radius 2 is 1.60 bits per heavy atom. The molecule has 0 aliphatic carbocycles. The average Bonchev–Trinajstić information content (AvgIpc) is 2.17. The Bertz CT molecular complexity index is 336. The lowest BCUT2D eigenvalue weighted by atomic mass is 10.3. The van der Waals surface area contributed by atoms with Crippen molar-refractivity contribution in [1.29, 1.82) is 0 Å². The van der Waals surface area contributed by atoms with Gasteiger partial charge in [0.25, 0.3) is 0 Å². The van der Waals surface area contributed by atoms with Crippen molar-refractivity contribution in [1.82, 2.24) is 4.98 Å². The minimum atomic E-state index is -0.520. The van der Waals surface area contributed by atoms with Crippen LogP contribution in [0, 0.1) is 0 Å². The summed E-state index contributed by atoms with van der Waals surface area (Å²) in [6, 6.07) is 3.34. The second-order valence-corrected chi connectivity index (χ2v) is 2.99. The molecule has 0 saturated carbocycles. The first-order valence-corrected chi connectivity index (χ1v) is 4.31. The Morgan fingerprint density at radius 3 is 2.00 bits per heavy atom. The highest BCUT2D eigenvalue weighted by Gasteiger charge is 2.11. The first-order chi connectivity index (χ1) is 7.09. The molecular formula is C9H12N4O2. The number of hydrogen-bond acceptors (Lipinski definition) is 4. The molecule has 2 amide bonds. The molecular weight excluding hydrogens is 196 g/mol. The summed E-state index contributed by atoms with van der Waals surface area (Å²) < 4.78 is 0. The van der Waals surface area contributed by atoms with Gasteiger partial charge in [-0.1, -0.05) is 0 Å². The Balaban J connectivity index is 2.81. The Kier molecular flexibility index (Phi) is 3.61. The molecule has 80 valence electrons. The summed E-state index contributed by atoms with van der Waals surface area (Å²) in [6.07, 6.45) is 3.12. The quantitative estimate of drug-likeness (QED) is 0.638. The van der Waals surface area contributed by atoms with Crippen LogP contribution in [-0.4, -0.2) is 29.9 Å². The molecule has 0 atom stereocenters. The minimum absolute atomic E-state index is 0.0487. The van der Waals surface area contributed by atoms with E-state index in [1.54, 1.807) is 24.5 Å². The van der Waals surface area contributed by atoms with E-state index in [0.717, 1.165) is 0 Å². The minimum Gasteiger partial charge on any atom is -0.368 e. The topological polar surface area (TPSA) is 102 Å². The van der Waals surface area contributed by atoms with Gasteiger partial charge < -0.3 is 16.4 Å². The molecule has 1 rings (SSSR count). The second kappa shape index (κ2) is 4.94. The third kappa shape index (κ3) is 3.63. The van der Waals surface area contributed by atoms with E-state index < -0.39 is 11.8 Å². The highest BCUT2D eigenvalue weighted by molar-refractivity contribution is 5.84. The Hall–Kier alpha value is -2.11. The van der Waals surface area contributed by atoms with Crippen LogP contribution < -0.4 is 16.4 Å². The number of pyridine rings is 1. The van der Waals surface area contributed by atoms with Crippen molar-refractivity contribution in [3.05, 3.63) is 24.5 Å². The van der Waals surface area contributed by atoms with Crippen molar-refractivity contribution in [3.8, 4) is 0 Å². The molecule has 6 heteroatoms. The predicted molar refractivity (Wildman–Crippen MR) is 54.8 cm³/mol. The molecule has 0 aromatic carbocycles. The van der Waals surface area contributed by atoms with Gasteiger partial charge in [0.05, 0.1) is 13.1 Å². The molecule has 0 fully saturated rings. The molecule has 0 bridgehead atoms. The van der Waals surface area contributed by atoms with Crippen molar-refractivity contribution in [2.75, 3.05) is 18.0 Å². The van der Waals surface area contributed by atoms with Gasteiger partial charge in [-0.2, -0.15) is 0 Å². The molecule has 0 aliphatic rings. The van der Waals surface area contributed by atoms with E-state index in [9.17, 15) is 9.59 Å². The maximum Gasteiger partial charge on any atom is 0.236 e. The summed E-state index contributed by atoms with van der Waals surface area (Å²) in [4.78, 5) is 26.9. The first kappa shape index (κ1) is 11.0. The summed E-state index contributed by atoms with van der Waals surface area (Å²) in [7, 11) is 0. The zero-order chi connectivity index (χ0) is 11.3. The molecule has 1 aromatic heterocycles. The third-order valence-corrected chi connectivity index (χ3v) is 1.72. The van der Waals surface area contributed by atoms with Crippen LogP contribution >= 0.6 is 0 Å². The van der Waals surface area contributed by atoms with Gasteiger partial charge in [0.2, 0.25) is 11.8 Å². The van der Waals surface area contributed by atoms with Crippen molar-refractivity contribution in [3.63, 3.8) is 0 Å². The second-order valence-electron chi connectivity index (χ2n) is 2.99. The lowest BCUT2D eigenvalue weighted by Crippen LogP contribution is -2.39. The summed E-state index contributed by atoms with van der Waals surface area (Å²) in [5, 5.41) is 0. The molecule has 1 aromatic rings. The van der Waals surface area contributed by atoms with Crippen LogP contribution in [0.25, 0.3) is 0 Å². The zero-order valence-electron chi connectivity index (χ0n) is 8.09. The average molecular weight is 208 g/mol. The maximum atomic E-state index is 10.8. The molecule has 0 radical (unpaired) electrons.